The second-order valence-electron chi connectivity index (χ2n) is 6.29. The molecule has 0 aromatic heterocycles. The van der Waals surface area contributed by atoms with Crippen molar-refractivity contribution in [1.82, 2.24) is 9.62 Å². The van der Waals surface area contributed by atoms with Crippen molar-refractivity contribution in [3.05, 3.63) is 69.2 Å². The minimum Gasteiger partial charge on any atom is -0.379 e. The van der Waals surface area contributed by atoms with Gasteiger partial charge in [0.25, 0.3) is 5.69 Å². The highest BCUT2D eigenvalue weighted by atomic mass is 35.5. The third-order valence-corrected chi connectivity index (χ3v) is 6.32. The fourth-order valence-corrected chi connectivity index (χ4v) is 4.45. The van der Waals surface area contributed by atoms with Gasteiger partial charge in [-0.2, -0.15) is 0 Å². The van der Waals surface area contributed by atoms with Gasteiger partial charge in [0.2, 0.25) is 10.0 Å². The van der Waals surface area contributed by atoms with E-state index < -0.39 is 14.9 Å². The van der Waals surface area contributed by atoms with Crippen LogP contribution in [0.2, 0.25) is 5.02 Å². The Kier molecular flexibility index (Phi) is 6.63. The second kappa shape index (κ2) is 8.97. The summed E-state index contributed by atoms with van der Waals surface area (Å²) in [5.41, 5.74) is 0.534. The first kappa shape index (κ1) is 20.7. The van der Waals surface area contributed by atoms with Crippen molar-refractivity contribution in [1.29, 1.82) is 0 Å². The maximum atomic E-state index is 12.7. The minimum absolute atomic E-state index is 0.0781. The largest absolute Gasteiger partial charge is 0.379 e. The zero-order chi connectivity index (χ0) is 20.1. The maximum absolute atomic E-state index is 12.7. The molecule has 1 fully saturated rings. The van der Waals surface area contributed by atoms with Crippen LogP contribution in [0.4, 0.5) is 5.69 Å². The van der Waals surface area contributed by atoms with Gasteiger partial charge in [0.05, 0.1) is 23.0 Å². The third-order valence-electron chi connectivity index (χ3n) is 4.56. The highest BCUT2D eigenvalue weighted by Crippen LogP contribution is 2.28. The average Bonchev–Trinajstić information content (AvgIpc) is 2.70. The van der Waals surface area contributed by atoms with Crippen LogP contribution in [0.1, 0.15) is 11.6 Å². The molecule has 2 aromatic rings. The first-order valence-corrected chi connectivity index (χ1v) is 10.5. The number of hydrogen-bond donors (Lipinski definition) is 1. The van der Waals surface area contributed by atoms with Crippen molar-refractivity contribution < 1.29 is 18.1 Å². The van der Waals surface area contributed by atoms with Gasteiger partial charge in [-0.3, -0.25) is 15.0 Å². The smallest absolute Gasteiger partial charge is 0.270 e. The Labute approximate surface area is 168 Å². The van der Waals surface area contributed by atoms with Crippen LogP contribution < -0.4 is 4.72 Å². The molecule has 10 heteroatoms. The monoisotopic (exact) mass is 425 g/mol. The number of nitro groups is 1. The van der Waals surface area contributed by atoms with Gasteiger partial charge in [-0.05, 0) is 17.7 Å². The summed E-state index contributed by atoms with van der Waals surface area (Å²) in [5, 5.41) is 11.5. The standard InChI is InChI=1S/C18H20ClN3O5S/c19-17-7-2-1-6-16(17)18(21-8-10-27-11-9-21)13-20-28(25,26)15-5-3-4-14(12-15)22(23)24/h1-7,12,18,20H,8-11,13H2. The fourth-order valence-electron chi connectivity index (χ4n) is 3.11. The lowest BCUT2D eigenvalue weighted by Crippen LogP contribution is -2.43. The number of nitrogens with one attached hydrogen (secondary N) is 1. The summed E-state index contributed by atoms with van der Waals surface area (Å²) in [6.07, 6.45) is 0. The van der Waals surface area contributed by atoms with Crippen LogP contribution in [-0.4, -0.2) is 51.1 Å². The molecule has 1 N–H and O–H groups in total. The van der Waals surface area contributed by atoms with Gasteiger partial charge in [-0.25, -0.2) is 13.1 Å². The van der Waals surface area contributed by atoms with E-state index in [1.807, 2.05) is 18.2 Å². The SMILES string of the molecule is O=[N+]([O-])c1cccc(S(=O)(=O)NCC(c2ccccc2Cl)N2CCOCC2)c1. The number of nitrogens with zero attached hydrogens (tertiary/aromatic N) is 2. The lowest BCUT2D eigenvalue weighted by atomic mass is 10.0. The summed E-state index contributed by atoms with van der Waals surface area (Å²) in [7, 11) is -3.93. The fraction of sp³-hybridized carbons (Fsp3) is 0.333. The van der Waals surface area contributed by atoms with Crippen LogP contribution in [0.5, 0.6) is 0 Å². The van der Waals surface area contributed by atoms with Crippen molar-refractivity contribution in [3.8, 4) is 0 Å². The van der Waals surface area contributed by atoms with E-state index >= 15 is 0 Å². The molecule has 0 amide bonds. The van der Waals surface area contributed by atoms with E-state index in [9.17, 15) is 18.5 Å². The highest BCUT2D eigenvalue weighted by Gasteiger charge is 2.27. The van der Waals surface area contributed by atoms with Gasteiger partial charge < -0.3 is 4.74 Å². The molecule has 2 aromatic carbocycles. The van der Waals surface area contributed by atoms with E-state index in [1.54, 1.807) is 6.07 Å². The normalized spacial score (nSPS) is 16.6. The summed E-state index contributed by atoms with van der Waals surface area (Å²) in [5.74, 6) is 0. The second-order valence-corrected chi connectivity index (χ2v) is 8.47. The van der Waals surface area contributed by atoms with Gasteiger partial charge in [0.1, 0.15) is 0 Å². The molecule has 0 bridgehead atoms. The predicted octanol–water partition coefficient (Wildman–Crippen LogP) is 2.60. The Hall–Kier alpha value is -2.04. The number of ether oxygens (including phenoxy) is 1. The van der Waals surface area contributed by atoms with Crippen molar-refractivity contribution in [2.24, 2.45) is 0 Å². The lowest BCUT2D eigenvalue weighted by molar-refractivity contribution is -0.385. The summed E-state index contributed by atoms with van der Waals surface area (Å²) < 4.78 is 33.4. The Balaban J connectivity index is 1.84. The molecule has 1 unspecified atom stereocenters. The van der Waals surface area contributed by atoms with Crippen molar-refractivity contribution in [2.75, 3.05) is 32.8 Å². The first-order valence-electron chi connectivity index (χ1n) is 8.69. The molecular weight excluding hydrogens is 406 g/mol. The minimum atomic E-state index is -3.93. The number of morpholine rings is 1. The number of rotatable bonds is 7. The third kappa shape index (κ3) is 4.86. The molecule has 150 valence electrons. The van der Waals surface area contributed by atoms with Gasteiger partial charge in [-0.15, -0.1) is 0 Å². The van der Waals surface area contributed by atoms with E-state index in [0.29, 0.717) is 31.3 Å². The van der Waals surface area contributed by atoms with Gasteiger partial charge in [0.15, 0.2) is 0 Å². The van der Waals surface area contributed by atoms with E-state index in [0.717, 1.165) is 11.6 Å². The number of sulfonamides is 1. The van der Waals surface area contributed by atoms with Crippen LogP contribution in [0, 0.1) is 10.1 Å². The van der Waals surface area contributed by atoms with Crippen LogP contribution >= 0.6 is 11.6 Å². The molecule has 8 nitrogen and oxygen atoms in total. The quantitative estimate of drug-likeness (QED) is 0.540. The molecule has 1 aliphatic heterocycles. The van der Waals surface area contributed by atoms with E-state index in [-0.39, 0.29) is 23.2 Å². The summed E-state index contributed by atoms with van der Waals surface area (Å²) in [6, 6.07) is 12.0. The molecule has 0 spiro atoms. The van der Waals surface area contributed by atoms with Crippen molar-refractivity contribution in [3.63, 3.8) is 0 Å². The van der Waals surface area contributed by atoms with Crippen LogP contribution in [-0.2, 0) is 14.8 Å². The molecule has 0 saturated carbocycles. The van der Waals surface area contributed by atoms with E-state index in [4.69, 9.17) is 16.3 Å². The topological polar surface area (TPSA) is 102 Å². The average molecular weight is 426 g/mol. The molecule has 28 heavy (non-hydrogen) atoms. The van der Waals surface area contributed by atoms with Crippen molar-refractivity contribution in [2.45, 2.75) is 10.9 Å². The highest BCUT2D eigenvalue weighted by molar-refractivity contribution is 7.89. The molecule has 0 radical (unpaired) electrons. The molecule has 1 aliphatic rings. The summed E-state index contributed by atoms with van der Waals surface area (Å²) in [6.45, 7) is 2.48. The van der Waals surface area contributed by atoms with Gasteiger partial charge in [0, 0.05) is 42.8 Å². The number of non-ortho nitro benzene ring substituents is 1. The summed E-state index contributed by atoms with van der Waals surface area (Å²) >= 11 is 6.35. The zero-order valence-corrected chi connectivity index (χ0v) is 16.5. The van der Waals surface area contributed by atoms with Crippen LogP contribution in [0.3, 0.4) is 0 Å². The Bertz CT molecular complexity index is 948. The van der Waals surface area contributed by atoms with Gasteiger partial charge in [-0.1, -0.05) is 35.9 Å². The molecule has 3 rings (SSSR count). The molecule has 1 atom stereocenters. The van der Waals surface area contributed by atoms with Crippen molar-refractivity contribution >= 4 is 27.3 Å². The number of halogens is 1. The molecule has 1 saturated heterocycles. The van der Waals surface area contributed by atoms with Crippen LogP contribution in [0.25, 0.3) is 0 Å². The Morgan fingerprint density at radius 3 is 2.57 bits per heavy atom. The summed E-state index contributed by atoms with van der Waals surface area (Å²) in [4.78, 5) is 12.3. The molecule has 1 heterocycles. The first-order chi connectivity index (χ1) is 13.4. The molecular formula is C18H20ClN3O5S. The molecule has 0 aliphatic carbocycles. The Morgan fingerprint density at radius 1 is 1.18 bits per heavy atom. The zero-order valence-electron chi connectivity index (χ0n) is 15.0. The maximum Gasteiger partial charge on any atom is 0.270 e. The van der Waals surface area contributed by atoms with Gasteiger partial charge >= 0.3 is 0 Å². The lowest BCUT2D eigenvalue weighted by Gasteiger charge is -2.35. The van der Waals surface area contributed by atoms with Crippen LogP contribution in [0.15, 0.2) is 53.4 Å². The van der Waals surface area contributed by atoms with E-state index in [1.165, 1.54) is 18.2 Å². The van der Waals surface area contributed by atoms with E-state index in [2.05, 4.69) is 9.62 Å². The Morgan fingerprint density at radius 2 is 1.89 bits per heavy atom. The number of nitro benzene ring substituents is 1. The number of benzene rings is 2. The number of hydrogen-bond acceptors (Lipinski definition) is 6. The predicted molar refractivity (Wildman–Crippen MR) is 105 cm³/mol.